The molecule has 1 fully saturated rings. The topological polar surface area (TPSA) is 95.6 Å². The Kier molecular flexibility index (Phi) is 6.89. The van der Waals surface area contributed by atoms with Crippen LogP contribution in [-0.2, 0) is 14.8 Å². The highest BCUT2D eigenvalue weighted by atomic mass is 32.2. The van der Waals surface area contributed by atoms with Crippen LogP contribution in [0.15, 0.2) is 53.4 Å². The van der Waals surface area contributed by atoms with Gasteiger partial charge in [0, 0.05) is 36.4 Å². The third-order valence-corrected chi connectivity index (χ3v) is 7.16. The highest BCUT2D eigenvalue weighted by molar-refractivity contribution is 7.89. The summed E-state index contributed by atoms with van der Waals surface area (Å²) in [6.45, 7) is 4.98. The fraction of sp³-hybridized carbons (Fsp3) is 0.364. The molecular weight excluding hydrogens is 402 g/mol. The Morgan fingerprint density at radius 2 is 1.47 bits per heavy atom. The van der Waals surface area contributed by atoms with Crippen molar-refractivity contribution in [2.24, 2.45) is 5.92 Å². The zero-order valence-electron chi connectivity index (χ0n) is 17.2. The summed E-state index contributed by atoms with van der Waals surface area (Å²) in [6, 6.07) is 12.8. The third kappa shape index (κ3) is 5.25. The monoisotopic (exact) mass is 429 g/mol. The summed E-state index contributed by atoms with van der Waals surface area (Å²) in [5, 5.41) is 5.48. The molecule has 2 amide bonds. The lowest BCUT2D eigenvalue weighted by Crippen LogP contribution is -2.37. The van der Waals surface area contributed by atoms with Crippen molar-refractivity contribution in [3.8, 4) is 0 Å². The van der Waals surface area contributed by atoms with Crippen molar-refractivity contribution in [1.29, 1.82) is 0 Å². The first kappa shape index (κ1) is 22.0. The molecule has 1 heterocycles. The van der Waals surface area contributed by atoms with E-state index in [4.69, 9.17) is 0 Å². The maximum atomic E-state index is 12.8. The van der Waals surface area contributed by atoms with Gasteiger partial charge in [0.15, 0.2) is 0 Å². The molecule has 0 spiro atoms. The lowest BCUT2D eigenvalue weighted by molar-refractivity contribution is -0.115. The zero-order chi connectivity index (χ0) is 21.7. The molecule has 0 aliphatic carbocycles. The maximum absolute atomic E-state index is 12.8. The van der Waals surface area contributed by atoms with E-state index in [1.54, 1.807) is 43.3 Å². The van der Waals surface area contributed by atoms with Crippen molar-refractivity contribution in [3.05, 3.63) is 54.1 Å². The summed E-state index contributed by atoms with van der Waals surface area (Å²) in [5.74, 6) is 0.135. The summed E-state index contributed by atoms with van der Waals surface area (Å²) < 4.78 is 27.1. The molecule has 1 aliphatic rings. The van der Waals surface area contributed by atoms with E-state index in [2.05, 4.69) is 17.6 Å². The van der Waals surface area contributed by atoms with Crippen LogP contribution in [0.25, 0.3) is 0 Å². The predicted molar refractivity (Wildman–Crippen MR) is 117 cm³/mol. The molecule has 160 valence electrons. The quantitative estimate of drug-likeness (QED) is 0.732. The van der Waals surface area contributed by atoms with Gasteiger partial charge in [-0.05, 0) is 67.3 Å². The number of benzene rings is 2. The highest BCUT2D eigenvalue weighted by Gasteiger charge is 2.27. The Morgan fingerprint density at radius 3 is 2.03 bits per heavy atom. The first-order valence-corrected chi connectivity index (χ1v) is 11.5. The van der Waals surface area contributed by atoms with Crippen LogP contribution < -0.4 is 10.6 Å². The van der Waals surface area contributed by atoms with Crippen LogP contribution in [0.1, 0.15) is 43.5 Å². The average molecular weight is 430 g/mol. The van der Waals surface area contributed by atoms with Crippen LogP contribution in [0.2, 0.25) is 0 Å². The minimum atomic E-state index is -3.51. The first-order chi connectivity index (χ1) is 14.3. The molecule has 0 atom stereocenters. The molecular formula is C22H27N3O4S. The number of nitrogens with one attached hydrogen (secondary N) is 2. The van der Waals surface area contributed by atoms with Crippen LogP contribution >= 0.6 is 0 Å². The van der Waals surface area contributed by atoms with Gasteiger partial charge in [0.05, 0.1) is 4.90 Å². The van der Waals surface area contributed by atoms with E-state index in [9.17, 15) is 18.0 Å². The predicted octanol–water partition coefficient (Wildman–Crippen LogP) is 3.71. The number of piperidine rings is 1. The molecule has 0 aromatic heterocycles. The second-order valence-electron chi connectivity index (χ2n) is 7.54. The Balaban J connectivity index is 1.64. The Labute approximate surface area is 177 Å². The fourth-order valence-electron chi connectivity index (χ4n) is 3.24. The molecule has 8 heteroatoms. The van der Waals surface area contributed by atoms with E-state index in [0.29, 0.717) is 42.4 Å². The molecule has 1 aliphatic heterocycles. The van der Waals surface area contributed by atoms with E-state index in [0.717, 1.165) is 12.8 Å². The number of hydrogen-bond acceptors (Lipinski definition) is 4. The highest BCUT2D eigenvalue weighted by Crippen LogP contribution is 2.24. The van der Waals surface area contributed by atoms with E-state index in [-0.39, 0.29) is 16.7 Å². The third-order valence-electron chi connectivity index (χ3n) is 5.24. The molecule has 30 heavy (non-hydrogen) atoms. The molecule has 2 aromatic carbocycles. The summed E-state index contributed by atoms with van der Waals surface area (Å²) >= 11 is 0. The van der Waals surface area contributed by atoms with Crippen LogP contribution in [-0.4, -0.2) is 37.6 Å². The Hall–Kier alpha value is -2.71. The van der Waals surface area contributed by atoms with Crippen molar-refractivity contribution in [2.75, 3.05) is 23.7 Å². The van der Waals surface area contributed by atoms with Gasteiger partial charge in [-0.25, -0.2) is 8.42 Å². The average Bonchev–Trinajstić information content (AvgIpc) is 2.75. The van der Waals surface area contributed by atoms with Crippen molar-refractivity contribution in [3.63, 3.8) is 0 Å². The number of sulfonamides is 1. The van der Waals surface area contributed by atoms with E-state index in [1.807, 2.05) is 0 Å². The van der Waals surface area contributed by atoms with E-state index in [1.165, 1.54) is 16.4 Å². The molecule has 1 saturated heterocycles. The lowest BCUT2D eigenvalue weighted by atomic mass is 10.0. The first-order valence-electron chi connectivity index (χ1n) is 10.1. The van der Waals surface area contributed by atoms with Crippen molar-refractivity contribution < 1.29 is 18.0 Å². The largest absolute Gasteiger partial charge is 0.326 e. The summed E-state index contributed by atoms with van der Waals surface area (Å²) in [5.41, 5.74) is 1.57. The standard InChI is InChI=1S/C22H27N3O4S/c1-3-21(26)23-18-6-4-17(5-7-18)22(27)24-19-8-10-20(11-9-19)30(28,29)25-14-12-16(2)13-15-25/h4-11,16H,3,12-15H2,1-2H3,(H,23,26)(H,24,27). The van der Waals surface area contributed by atoms with Gasteiger partial charge < -0.3 is 10.6 Å². The van der Waals surface area contributed by atoms with Gasteiger partial charge in [-0.3, -0.25) is 9.59 Å². The van der Waals surface area contributed by atoms with Crippen LogP contribution in [0, 0.1) is 5.92 Å². The second kappa shape index (κ2) is 9.40. The van der Waals surface area contributed by atoms with Crippen molar-refractivity contribution >= 4 is 33.2 Å². The van der Waals surface area contributed by atoms with Gasteiger partial charge in [0.2, 0.25) is 15.9 Å². The summed E-state index contributed by atoms with van der Waals surface area (Å²) in [4.78, 5) is 24.1. The number of carbonyl (C=O) groups excluding carboxylic acids is 2. The number of amides is 2. The maximum Gasteiger partial charge on any atom is 0.255 e. The van der Waals surface area contributed by atoms with Crippen molar-refractivity contribution in [2.45, 2.75) is 38.0 Å². The summed E-state index contributed by atoms with van der Waals surface area (Å²) in [7, 11) is -3.51. The number of anilines is 2. The van der Waals surface area contributed by atoms with Gasteiger partial charge in [0.1, 0.15) is 0 Å². The lowest BCUT2D eigenvalue weighted by Gasteiger charge is -2.29. The Bertz CT molecular complexity index is 994. The van der Waals surface area contributed by atoms with E-state index >= 15 is 0 Å². The fourth-order valence-corrected chi connectivity index (χ4v) is 4.71. The van der Waals surface area contributed by atoms with Crippen LogP contribution in [0.3, 0.4) is 0 Å². The SMILES string of the molecule is CCC(=O)Nc1ccc(C(=O)Nc2ccc(S(=O)(=O)N3CCC(C)CC3)cc2)cc1. The molecule has 0 bridgehead atoms. The zero-order valence-corrected chi connectivity index (χ0v) is 18.0. The number of carbonyl (C=O) groups is 2. The van der Waals surface area contributed by atoms with Crippen LogP contribution in [0.4, 0.5) is 11.4 Å². The number of hydrogen-bond donors (Lipinski definition) is 2. The Morgan fingerprint density at radius 1 is 0.933 bits per heavy atom. The van der Waals surface area contributed by atoms with Gasteiger partial charge in [-0.1, -0.05) is 13.8 Å². The molecule has 0 saturated carbocycles. The smallest absolute Gasteiger partial charge is 0.255 e. The van der Waals surface area contributed by atoms with Crippen LogP contribution in [0.5, 0.6) is 0 Å². The molecule has 2 N–H and O–H groups in total. The molecule has 3 rings (SSSR count). The molecule has 7 nitrogen and oxygen atoms in total. The minimum absolute atomic E-state index is 0.0960. The molecule has 0 radical (unpaired) electrons. The van der Waals surface area contributed by atoms with Gasteiger partial charge in [-0.15, -0.1) is 0 Å². The van der Waals surface area contributed by atoms with Gasteiger partial charge >= 0.3 is 0 Å². The molecule has 0 unspecified atom stereocenters. The number of nitrogens with zero attached hydrogens (tertiary/aromatic N) is 1. The van der Waals surface area contributed by atoms with Gasteiger partial charge in [-0.2, -0.15) is 4.31 Å². The molecule has 2 aromatic rings. The summed E-state index contributed by atoms with van der Waals surface area (Å²) in [6.07, 6.45) is 2.12. The van der Waals surface area contributed by atoms with Gasteiger partial charge in [0.25, 0.3) is 5.91 Å². The van der Waals surface area contributed by atoms with E-state index < -0.39 is 10.0 Å². The second-order valence-corrected chi connectivity index (χ2v) is 9.48. The number of rotatable bonds is 6. The van der Waals surface area contributed by atoms with Crippen molar-refractivity contribution in [1.82, 2.24) is 4.31 Å². The normalized spacial score (nSPS) is 15.5. The minimum Gasteiger partial charge on any atom is -0.326 e.